The van der Waals surface area contributed by atoms with Crippen molar-refractivity contribution in [3.63, 3.8) is 0 Å². The fourth-order valence-corrected chi connectivity index (χ4v) is 3.39. The number of aromatic nitrogens is 2. The Bertz CT molecular complexity index is 968. The summed E-state index contributed by atoms with van der Waals surface area (Å²) in [6.07, 6.45) is 1.69. The van der Waals surface area contributed by atoms with Crippen LogP contribution in [-0.2, 0) is 0 Å². The molecule has 0 spiro atoms. The Kier molecular flexibility index (Phi) is 4.97. The maximum Gasteiger partial charge on any atom is 0.322 e. The van der Waals surface area contributed by atoms with Crippen molar-refractivity contribution >= 4 is 11.7 Å². The van der Waals surface area contributed by atoms with Crippen LogP contribution in [0.25, 0.3) is 11.4 Å². The minimum absolute atomic E-state index is 0.152. The Morgan fingerprint density at radius 1 is 1.21 bits per heavy atom. The van der Waals surface area contributed by atoms with E-state index in [-0.39, 0.29) is 12.1 Å². The first-order chi connectivity index (χ1) is 13.7. The van der Waals surface area contributed by atoms with Crippen molar-refractivity contribution in [3.8, 4) is 17.1 Å². The first-order valence-corrected chi connectivity index (χ1v) is 9.27. The van der Waals surface area contributed by atoms with E-state index < -0.39 is 0 Å². The number of amides is 2. The standard InChI is InChI=1S/C21H22N4O3/c1-14-6-3-4-7-17(14)22-21(26)25-13-5-8-18(25)20-23-19(24-28-20)15-9-11-16(27-2)12-10-15/h3-4,6-7,9-12,18H,5,8,13H2,1-2H3,(H,22,26)/t18-/m0/s1. The van der Waals surface area contributed by atoms with Gasteiger partial charge in [-0.25, -0.2) is 4.79 Å². The van der Waals surface area contributed by atoms with E-state index >= 15 is 0 Å². The van der Waals surface area contributed by atoms with E-state index in [1.54, 1.807) is 12.0 Å². The summed E-state index contributed by atoms with van der Waals surface area (Å²) in [5, 5.41) is 7.08. The predicted molar refractivity (Wildman–Crippen MR) is 105 cm³/mol. The van der Waals surface area contributed by atoms with Crippen LogP contribution in [0.15, 0.2) is 53.1 Å². The minimum Gasteiger partial charge on any atom is -0.497 e. The zero-order chi connectivity index (χ0) is 19.5. The quantitative estimate of drug-likeness (QED) is 0.727. The highest BCUT2D eigenvalue weighted by Crippen LogP contribution is 2.33. The van der Waals surface area contributed by atoms with Crippen LogP contribution >= 0.6 is 0 Å². The van der Waals surface area contributed by atoms with E-state index in [4.69, 9.17) is 9.26 Å². The maximum atomic E-state index is 12.8. The van der Waals surface area contributed by atoms with Gasteiger partial charge in [0.2, 0.25) is 11.7 Å². The molecular weight excluding hydrogens is 356 g/mol. The maximum absolute atomic E-state index is 12.8. The van der Waals surface area contributed by atoms with E-state index in [1.165, 1.54) is 0 Å². The van der Waals surface area contributed by atoms with Crippen LogP contribution in [0.5, 0.6) is 5.75 Å². The summed E-state index contributed by atoms with van der Waals surface area (Å²) in [5.41, 5.74) is 2.67. The second-order valence-corrected chi connectivity index (χ2v) is 6.78. The van der Waals surface area contributed by atoms with E-state index in [0.717, 1.165) is 35.4 Å². The normalized spacial score (nSPS) is 16.2. The van der Waals surface area contributed by atoms with Gasteiger partial charge in [0.1, 0.15) is 11.8 Å². The van der Waals surface area contributed by atoms with Gasteiger partial charge < -0.3 is 19.5 Å². The van der Waals surface area contributed by atoms with Gasteiger partial charge in [-0.05, 0) is 55.7 Å². The molecule has 1 saturated heterocycles. The molecule has 0 radical (unpaired) electrons. The van der Waals surface area contributed by atoms with Gasteiger partial charge >= 0.3 is 6.03 Å². The number of benzene rings is 2. The molecule has 1 aliphatic heterocycles. The highest BCUT2D eigenvalue weighted by molar-refractivity contribution is 5.90. The average molecular weight is 378 g/mol. The van der Waals surface area contributed by atoms with Gasteiger partial charge in [0.15, 0.2) is 0 Å². The number of para-hydroxylation sites is 1. The Morgan fingerprint density at radius 2 is 2.00 bits per heavy atom. The molecule has 0 unspecified atom stereocenters. The van der Waals surface area contributed by atoms with E-state index in [9.17, 15) is 4.79 Å². The number of ether oxygens (including phenoxy) is 1. The molecule has 0 saturated carbocycles. The molecule has 0 bridgehead atoms. The molecule has 144 valence electrons. The number of anilines is 1. The van der Waals surface area contributed by atoms with E-state index in [0.29, 0.717) is 18.3 Å². The van der Waals surface area contributed by atoms with Crippen molar-refractivity contribution in [2.24, 2.45) is 0 Å². The lowest BCUT2D eigenvalue weighted by Crippen LogP contribution is -2.34. The first kappa shape index (κ1) is 18.0. The number of rotatable bonds is 4. The average Bonchev–Trinajstić information content (AvgIpc) is 3.39. The minimum atomic E-state index is -0.219. The Morgan fingerprint density at radius 3 is 2.75 bits per heavy atom. The summed E-state index contributed by atoms with van der Waals surface area (Å²) in [5.74, 6) is 1.73. The first-order valence-electron chi connectivity index (χ1n) is 9.27. The van der Waals surface area contributed by atoms with Gasteiger partial charge in [0.25, 0.3) is 0 Å². The highest BCUT2D eigenvalue weighted by atomic mass is 16.5. The number of urea groups is 1. The Hall–Kier alpha value is -3.35. The number of carbonyl (C=O) groups excluding carboxylic acids is 1. The molecule has 4 rings (SSSR count). The third kappa shape index (κ3) is 3.55. The SMILES string of the molecule is COc1ccc(-c2noc([C@@H]3CCCN3C(=O)Nc3ccccc3C)n2)cc1. The summed E-state index contributed by atoms with van der Waals surface area (Å²) in [7, 11) is 1.62. The van der Waals surface area contributed by atoms with Gasteiger partial charge in [0, 0.05) is 17.8 Å². The van der Waals surface area contributed by atoms with Gasteiger partial charge in [-0.3, -0.25) is 0 Å². The zero-order valence-corrected chi connectivity index (χ0v) is 15.9. The highest BCUT2D eigenvalue weighted by Gasteiger charge is 2.34. The van der Waals surface area contributed by atoms with Gasteiger partial charge in [-0.2, -0.15) is 4.98 Å². The zero-order valence-electron chi connectivity index (χ0n) is 15.9. The van der Waals surface area contributed by atoms with Crippen molar-refractivity contribution in [2.75, 3.05) is 19.0 Å². The third-order valence-electron chi connectivity index (χ3n) is 4.98. The van der Waals surface area contributed by atoms with Crippen molar-refractivity contribution in [3.05, 3.63) is 60.0 Å². The number of hydrogen-bond acceptors (Lipinski definition) is 5. The number of likely N-dealkylation sites (tertiary alicyclic amines) is 1. The molecule has 7 nitrogen and oxygen atoms in total. The van der Waals surface area contributed by atoms with E-state index in [1.807, 2.05) is 55.5 Å². The smallest absolute Gasteiger partial charge is 0.322 e. The summed E-state index contributed by atoms with van der Waals surface area (Å²) >= 11 is 0. The van der Waals surface area contributed by atoms with Crippen LogP contribution in [0.2, 0.25) is 0 Å². The van der Waals surface area contributed by atoms with Crippen LogP contribution < -0.4 is 10.1 Å². The molecule has 28 heavy (non-hydrogen) atoms. The summed E-state index contributed by atoms with van der Waals surface area (Å²) in [6.45, 7) is 2.62. The molecule has 0 aliphatic carbocycles. The molecule has 1 aliphatic rings. The van der Waals surface area contributed by atoms with Crippen LogP contribution in [-0.4, -0.2) is 34.7 Å². The Labute approximate surface area is 163 Å². The van der Waals surface area contributed by atoms with Crippen molar-refractivity contribution in [1.29, 1.82) is 0 Å². The van der Waals surface area contributed by atoms with Gasteiger partial charge in [-0.1, -0.05) is 23.4 Å². The number of aryl methyl sites for hydroxylation is 1. The van der Waals surface area contributed by atoms with E-state index in [2.05, 4.69) is 15.5 Å². The van der Waals surface area contributed by atoms with Crippen molar-refractivity contribution in [1.82, 2.24) is 15.0 Å². The van der Waals surface area contributed by atoms with Crippen LogP contribution in [0.1, 0.15) is 30.3 Å². The predicted octanol–water partition coefficient (Wildman–Crippen LogP) is 4.42. The molecule has 1 N–H and O–H groups in total. The molecule has 1 aromatic heterocycles. The topological polar surface area (TPSA) is 80.5 Å². The molecule has 2 aromatic carbocycles. The van der Waals surface area contributed by atoms with Crippen molar-refractivity contribution in [2.45, 2.75) is 25.8 Å². The number of nitrogens with zero attached hydrogens (tertiary/aromatic N) is 3. The summed E-state index contributed by atoms with van der Waals surface area (Å²) in [4.78, 5) is 19.1. The molecule has 2 heterocycles. The third-order valence-corrected chi connectivity index (χ3v) is 4.98. The van der Waals surface area contributed by atoms with Crippen LogP contribution in [0.4, 0.5) is 10.5 Å². The van der Waals surface area contributed by atoms with Gasteiger partial charge in [-0.15, -0.1) is 0 Å². The number of nitrogens with one attached hydrogen (secondary N) is 1. The molecule has 1 atom stereocenters. The fourth-order valence-electron chi connectivity index (χ4n) is 3.39. The summed E-state index contributed by atoms with van der Waals surface area (Å²) in [6, 6.07) is 14.8. The molecular formula is C21H22N4O3. The lowest BCUT2D eigenvalue weighted by molar-refractivity contribution is 0.193. The molecule has 2 amide bonds. The molecule has 3 aromatic rings. The summed E-state index contributed by atoms with van der Waals surface area (Å²) < 4.78 is 10.7. The van der Waals surface area contributed by atoms with Crippen LogP contribution in [0, 0.1) is 6.92 Å². The Balaban J connectivity index is 1.51. The van der Waals surface area contributed by atoms with Gasteiger partial charge in [0.05, 0.1) is 7.11 Å². The second kappa shape index (κ2) is 7.72. The lowest BCUT2D eigenvalue weighted by atomic mass is 10.2. The lowest BCUT2D eigenvalue weighted by Gasteiger charge is -2.22. The largest absolute Gasteiger partial charge is 0.497 e. The monoisotopic (exact) mass is 378 g/mol. The number of carbonyl (C=O) groups is 1. The second-order valence-electron chi connectivity index (χ2n) is 6.78. The van der Waals surface area contributed by atoms with Crippen molar-refractivity contribution < 1.29 is 14.1 Å². The van der Waals surface area contributed by atoms with Crippen LogP contribution in [0.3, 0.4) is 0 Å². The fraction of sp³-hybridized carbons (Fsp3) is 0.286. The molecule has 1 fully saturated rings. The number of hydrogen-bond donors (Lipinski definition) is 1. The molecule has 7 heteroatoms. The number of methoxy groups -OCH3 is 1.